The molecule has 0 saturated carbocycles. The van der Waals surface area contributed by atoms with Gasteiger partial charge in [-0.05, 0) is 38.8 Å². The van der Waals surface area contributed by atoms with E-state index in [1.807, 2.05) is 24.9 Å². The van der Waals surface area contributed by atoms with E-state index in [2.05, 4.69) is 9.97 Å². The third kappa shape index (κ3) is 3.64. The molecule has 0 N–H and O–H groups in total. The fourth-order valence-corrected chi connectivity index (χ4v) is 3.13. The summed E-state index contributed by atoms with van der Waals surface area (Å²) in [4.78, 5) is 23.3. The molecule has 3 heterocycles. The van der Waals surface area contributed by atoms with Gasteiger partial charge in [0.1, 0.15) is 5.82 Å². The van der Waals surface area contributed by atoms with Crippen LogP contribution in [0.1, 0.15) is 53.3 Å². The summed E-state index contributed by atoms with van der Waals surface area (Å²) in [6, 6.07) is 3.45. The highest BCUT2D eigenvalue weighted by Crippen LogP contribution is 2.29. The van der Waals surface area contributed by atoms with Crippen LogP contribution in [0.3, 0.4) is 0 Å². The number of amides is 1. The van der Waals surface area contributed by atoms with E-state index in [9.17, 15) is 4.79 Å². The zero-order chi connectivity index (χ0) is 16.9. The molecular weight excluding hydrogens is 306 g/mol. The summed E-state index contributed by atoms with van der Waals surface area (Å²) in [6.45, 7) is 6.42. The molecule has 0 bridgehead atoms. The van der Waals surface area contributed by atoms with Crippen molar-refractivity contribution in [2.45, 2.75) is 39.2 Å². The Morgan fingerprint density at radius 2 is 2.38 bits per heavy atom. The summed E-state index contributed by atoms with van der Waals surface area (Å²) in [5, 5.41) is 0. The average Bonchev–Trinajstić information content (AvgIpc) is 3.14. The van der Waals surface area contributed by atoms with Crippen LogP contribution in [0.15, 0.2) is 29.0 Å². The number of ether oxygens (including phenoxy) is 1. The Bertz CT molecular complexity index is 685. The fraction of sp³-hybridized carbons (Fsp3) is 0.500. The van der Waals surface area contributed by atoms with Crippen LogP contribution in [0.2, 0.25) is 0 Å². The summed E-state index contributed by atoms with van der Waals surface area (Å²) in [7, 11) is 0. The summed E-state index contributed by atoms with van der Waals surface area (Å²) in [5.74, 6) is 1.29. The van der Waals surface area contributed by atoms with Gasteiger partial charge in [-0.1, -0.05) is 0 Å². The van der Waals surface area contributed by atoms with E-state index in [1.54, 1.807) is 12.1 Å². The van der Waals surface area contributed by atoms with Crippen molar-refractivity contribution in [1.82, 2.24) is 14.9 Å². The summed E-state index contributed by atoms with van der Waals surface area (Å²) in [5.41, 5.74) is 2.02. The number of aromatic nitrogens is 2. The fourth-order valence-electron chi connectivity index (χ4n) is 3.13. The summed E-state index contributed by atoms with van der Waals surface area (Å²) < 4.78 is 10.8. The molecule has 2 aromatic rings. The van der Waals surface area contributed by atoms with Gasteiger partial charge >= 0.3 is 0 Å². The van der Waals surface area contributed by atoms with Gasteiger partial charge in [-0.3, -0.25) is 4.79 Å². The molecule has 24 heavy (non-hydrogen) atoms. The maximum absolute atomic E-state index is 12.5. The smallest absolute Gasteiger partial charge is 0.289 e. The first-order valence-electron chi connectivity index (χ1n) is 8.42. The van der Waals surface area contributed by atoms with Gasteiger partial charge in [0.15, 0.2) is 5.76 Å². The van der Waals surface area contributed by atoms with Crippen molar-refractivity contribution >= 4 is 5.91 Å². The first kappa shape index (κ1) is 16.6. The molecule has 3 rings (SSSR count). The molecule has 6 heteroatoms. The zero-order valence-electron chi connectivity index (χ0n) is 14.2. The second-order valence-electron chi connectivity index (χ2n) is 6.03. The maximum atomic E-state index is 12.5. The first-order valence-corrected chi connectivity index (χ1v) is 8.42. The number of aryl methyl sites for hydroxylation is 1. The van der Waals surface area contributed by atoms with E-state index in [0.29, 0.717) is 25.5 Å². The van der Waals surface area contributed by atoms with Crippen LogP contribution in [-0.4, -0.2) is 40.5 Å². The van der Waals surface area contributed by atoms with Gasteiger partial charge in [0.05, 0.1) is 18.6 Å². The molecule has 1 aliphatic rings. The Kier molecular flexibility index (Phi) is 5.25. The van der Waals surface area contributed by atoms with E-state index >= 15 is 0 Å². The lowest BCUT2D eigenvalue weighted by Gasteiger charge is -2.32. The number of carbonyl (C=O) groups is 1. The number of hydrogen-bond acceptors (Lipinski definition) is 5. The number of likely N-dealkylation sites (tertiary alicyclic amines) is 1. The third-order valence-corrected chi connectivity index (χ3v) is 4.31. The number of carbonyl (C=O) groups excluding carboxylic acids is 1. The average molecular weight is 329 g/mol. The predicted octanol–water partition coefficient (Wildman–Crippen LogP) is 2.93. The third-order valence-electron chi connectivity index (χ3n) is 4.31. The highest BCUT2D eigenvalue weighted by molar-refractivity contribution is 5.91. The van der Waals surface area contributed by atoms with Gasteiger partial charge in [-0.15, -0.1) is 0 Å². The van der Waals surface area contributed by atoms with Crippen LogP contribution in [0.4, 0.5) is 0 Å². The highest BCUT2D eigenvalue weighted by Gasteiger charge is 2.29. The molecule has 0 aliphatic carbocycles. The lowest BCUT2D eigenvalue weighted by atomic mass is 9.92. The molecule has 1 aliphatic heterocycles. The molecule has 1 amide bonds. The van der Waals surface area contributed by atoms with Crippen molar-refractivity contribution in [1.29, 1.82) is 0 Å². The summed E-state index contributed by atoms with van der Waals surface area (Å²) >= 11 is 0. The van der Waals surface area contributed by atoms with Crippen molar-refractivity contribution in [3.63, 3.8) is 0 Å². The van der Waals surface area contributed by atoms with Crippen LogP contribution in [0, 0.1) is 6.92 Å². The Morgan fingerprint density at radius 3 is 3.12 bits per heavy atom. The van der Waals surface area contributed by atoms with Crippen molar-refractivity contribution in [2.75, 3.05) is 19.7 Å². The molecule has 1 saturated heterocycles. The van der Waals surface area contributed by atoms with Crippen LogP contribution in [-0.2, 0) is 11.3 Å². The van der Waals surface area contributed by atoms with E-state index in [-0.39, 0.29) is 11.8 Å². The molecule has 0 aromatic carbocycles. The molecule has 0 spiro atoms. The Labute approximate surface area is 141 Å². The minimum atomic E-state index is -0.0539. The van der Waals surface area contributed by atoms with Crippen molar-refractivity contribution in [3.8, 4) is 0 Å². The predicted molar refractivity (Wildman–Crippen MR) is 88.7 cm³/mol. The van der Waals surface area contributed by atoms with E-state index in [0.717, 1.165) is 36.5 Å². The van der Waals surface area contributed by atoms with E-state index in [1.165, 1.54) is 6.26 Å². The molecule has 1 atom stereocenters. The van der Waals surface area contributed by atoms with Crippen LogP contribution in [0.25, 0.3) is 0 Å². The Balaban J connectivity index is 1.79. The maximum Gasteiger partial charge on any atom is 0.289 e. The van der Waals surface area contributed by atoms with E-state index in [4.69, 9.17) is 9.15 Å². The van der Waals surface area contributed by atoms with Crippen molar-refractivity contribution in [3.05, 3.63) is 47.4 Å². The Morgan fingerprint density at radius 1 is 1.50 bits per heavy atom. The molecular formula is C18H23N3O3. The number of nitrogens with zero attached hydrogens (tertiary/aromatic N) is 3. The van der Waals surface area contributed by atoms with Gasteiger partial charge in [0, 0.05) is 37.4 Å². The topological polar surface area (TPSA) is 68.5 Å². The minimum absolute atomic E-state index is 0.0539. The standard InChI is InChI=1S/C18H23N3O3/c1-3-23-12-15-10-19-13(2)20-17(15)14-6-4-8-21(11-14)18(22)16-7-5-9-24-16/h5,7,9-10,14H,3-4,6,8,11-12H2,1-2H3. The van der Waals surface area contributed by atoms with Crippen LogP contribution < -0.4 is 0 Å². The number of piperidine rings is 1. The van der Waals surface area contributed by atoms with Crippen molar-refractivity contribution in [2.24, 2.45) is 0 Å². The quantitative estimate of drug-likeness (QED) is 0.843. The van der Waals surface area contributed by atoms with E-state index < -0.39 is 0 Å². The molecule has 1 fully saturated rings. The largest absolute Gasteiger partial charge is 0.459 e. The number of rotatable bonds is 5. The lowest BCUT2D eigenvalue weighted by Crippen LogP contribution is -2.39. The molecule has 0 radical (unpaired) electrons. The summed E-state index contributed by atoms with van der Waals surface area (Å²) in [6.07, 6.45) is 5.34. The highest BCUT2D eigenvalue weighted by atomic mass is 16.5. The molecule has 1 unspecified atom stereocenters. The number of hydrogen-bond donors (Lipinski definition) is 0. The Hall–Kier alpha value is -2.21. The zero-order valence-corrected chi connectivity index (χ0v) is 14.2. The molecule has 6 nitrogen and oxygen atoms in total. The van der Waals surface area contributed by atoms with Gasteiger partial charge < -0.3 is 14.1 Å². The van der Waals surface area contributed by atoms with Crippen LogP contribution >= 0.6 is 0 Å². The normalized spacial score (nSPS) is 17.9. The molecule has 2 aromatic heterocycles. The van der Waals surface area contributed by atoms with Gasteiger partial charge in [0.2, 0.25) is 0 Å². The minimum Gasteiger partial charge on any atom is -0.459 e. The second-order valence-corrected chi connectivity index (χ2v) is 6.03. The van der Waals surface area contributed by atoms with Crippen molar-refractivity contribution < 1.29 is 13.9 Å². The molecule has 128 valence electrons. The van der Waals surface area contributed by atoms with Crippen LogP contribution in [0.5, 0.6) is 0 Å². The van der Waals surface area contributed by atoms with Gasteiger partial charge in [-0.25, -0.2) is 9.97 Å². The van der Waals surface area contributed by atoms with Gasteiger partial charge in [0.25, 0.3) is 5.91 Å². The second kappa shape index (κ2) is 7.57. The first-order chi connectivity index (χ1) is 11.7. The SMILES string of the molecule is CCOCc1cnc(C)nc1C1CCCN(C(=O)c2ccco2)C1. The number of furan rings is 1. The van der Waals surface area contributed by atoms with Gasteiger partial charge in [-0.2, -0.15) is 0 Å². The monoisotopic (exact) mass is 329 g/mol. The lowest BCUT2D eigenvalue weighted by molar-refractivity contribution is 0.0672.